The Morgan fingerprint density at radius 3 is 2.66 bits per heavy atom. The van der Waals surface area contributed by atoms with Crippen LogP contribution in [0.4, 0.5) is 15.8 Å². The molecule has 0 aliphatic carbocycles. The molecule has 2 heterocycles. The molecule has 2 aromatic rings. The number of fused-ring (bicyclic) bond motifs is 1. The number of aryl methyl sites for hydroxylation is 1. The third-order valence-corrected chi connectivity index (χ3v) is 7.31. The van der Waals surface area contributed by atoms with Crippen molar-refractivity contribution < 1.29 is 22.3 Å². The fourth-order valence-corrected chi connectivity index (χ4v) is 5.33. The van der Waals surface area contributed by atoms with Gasteiger partial charge in [-0.15, -0.1) is 0 Å². The summed E-state index contributed by atoms with van der Waals surface area (Å²) in [6, 6.07) is 9.85. The molecule has 8 nitrogen and oxygen atoms in total. The zero-order valence-electron chi connectivity index (χ0n) is 17.9. The molecule has 0 bridgehead atoms. The fourth-order valence-electron chi connectivity index (χ4n) is 4.01. The average Bonchev–Trinajstić information content (AvgIpc) is 2.77. The highest BCUT2D eigenvalue weighted by molar-refractivity contribution is 7.89. The van der Waals surface area contributed by atoms with E-state index in [1.54, 1.807) is 25.1 Å². The number of amides is 1. The Kier molecular flexibility index (Phi) is 6.63. The first-order chi connectivity index (χ1) is 15.3. The Hall–Kier alpha value is -2.69. The Morgan fingerprint density at radius 2 is 1.91 bits per heavy atom. The summed E-state index contributed by atoms with van der Waals surface area (Å²) in [5, 5.41) is 2.68. The maximum absolute atomic E-state index is 14.0. The van der Waals surface area contributed by atoms with Gasteiger partial charge in [0.05, 0.1) is 16.3 Å². The number of piperazine rings is 1. The molecule has 10 heteroatoms. The van der Waals surface area contributed by atoms with Crippen molar-refractivity contribution in [3.8, 4) is 5.75 Å². The molecule has 1 saturated heterocycles. The van der Waals surface area contributed by atoms with Crippen LogP contribution in [-0.2, 0) is 14.8 Å². The van der Waals surface area contributed by atoms with Gasteiger partial charge in [-0.3, -0.25) is 9.69 Å². The second-order valence-corrected chi connectivity index (χ2v) is 9.72. The highest BCUT2D eigenvalue weighted by Gasteiger charge is 2.24. The summed E-state index contributed by atoms with van der Waals surface area (Å²) >= 11 is 0. The number of anilines is 2. The first-order valence-corrected chi connectivity index (χ1v) is 12.1. The second-order valence-electron chi connectivity index (χ2n) is 7.98. The molecule has 172 valence electrons. The van der Waals surface area contributed by atoms with Gasteiger partial charge in [-0.25, -0.2) is 17.5 Å². The van der Waals surface area contributed by atoms with Gasteiger partial charge >= 0.3 is 0 Å². The highest BCUT2D eigenvalue weighted by atomic mass is 32.2. The minimum Gasteiger partial charge on any atom is -0.482 e. The minimum absolute atomic E-state index is 0.132. The van der Waals surface area contributed by atoms with Gasteiger partial charge < -0.3 is 15.0 Å². The maximum atomic E-state index is 14.0. The normalized spacial score (nSPS) is 16.9. The first-order valence-electron chi connectivity index (χ1n) is 10.6. The molecule has 32 heavy (non-hydrogen) atoms. The Bertz CT molecular complexity index is 1100. The lowest BCUT2D eigenvalue weighted by Gasteiger charge is -2.36. The van der Waals surface area contributed by atoms with Gasteiger partial charge in [0.25, 0.3) is 5.91 Å². The van der Waals surface area contributed by atoms with Crippen LogP contribution in [0.1, 0.15) is 12.0 Å². The van der Waals surface area contributed by atoms with E-state index < -0.39 is 10.0 Å². The lowest BCUT2D eigenvalue weighted by molar-refractivity contribution is -0.118. The Labute approximate surface area is 187 Å². The summed E-state index contributed by atoms with van der Waals surface area (Å²) in [5.41, 5.74) is 1.64. The lowest BCUT2D eigenvalue weighted by atomic mass is 10.2. The number of sulfonamides is 1. The van der Waals surface area contributed by atoms with E-state index in [1.807, 2.05) is 11.0 Å². The van der Waals surface area contributed by atoms with Crippen LogP contribution >= 0.6 is 0 Å². The average molecular weight is 463 g/mol. The molecule has 0 spiro atoms. The van der Waals surface area contributed by atoms with Crippen molar-refractivity contribution in [3.63, 3.8) is 0 Å². The quantitative estimate of drug-likeness (QED) is 0.612. The molecular weight excluding hydrogens is 435 g/mol. The molecule has 0 atom stereocenters. The Balaban J connectivity index is 1.26. The van der Waals surface area contributed by atoms with Crippen molar-refractivity contribution in [2.45, 2.75) is 18.2 Å². The van der Waals surface area contributed by atoms with E-state index in [2.05, 4.69) is 14.9 Å². The van der Waals surface area contributed by atoms with Gasteiger partial charge in [0, 0.05) is 38.8 Å². The number of halogens is 1. The van der Waals surface area contributed by atoms with Gasteiger partial charge in [-0.2, -0.15) is 0 Å². The minimum atomic E-state index is -3.70. The summed E-state index contributed by atoms with van der Waals surface area (Å²) in [4.78, 5) is 15.9. The van der Waals surface area contributed by atoms with E-state index in [0.29, 0.717) is 35.7 Å². The third kappa shape index (κ3) is 5.03. The van der Waals surface area contributed by atoms with Gasteiger partial charge in [0.2, 0.25) is 10.0 Å². The molecule has 0 radical (unpaired) electrons. The zero-order valence-corrected chi connectivity index (χ0v) is 18.8. The van der Waals surface area contributed by atoms with Crippen molar-refractivity contribution in [3.05, 3.63) is 47.8 Å². The fraction of sp³-hybridized carbons (Fsp3) is 0.409. The molecule has 0 unspecified atom stereocenters. The molecule has 1 amide bonds. The highest BCUT2D eigenvalue weighted by Crippen LogP contribution is 2.32. The number of rotatable bonds is 7. The first kappa shape index (κ1) is 22.5. The number of hydrogen-bond acceptors (Lipinski definition) is 6. The number of carbonyl (C=O) groups excluding carboxylic acids is 1. The summed E-state index contributed by atoms with van der Waals surface area (Å²) in [5.74, 6) is -0.121. The van der Waals surface area contributed by atoms with Gasteiger partial charge in [-0.1, -0.05) is 12.1 Å². The van der Waals surface area contributed by atoms with E-state index in [-0.39, 0.29) is 23.2 Å². The van der Waals surface area contributed by atoms with Crippen LogP contribution in [0.3, 0.4) is 0 Å². The van der Waals surface area contributed by atoms with Gasteiger partial charge in [-0.05, 0) is 43.7 Å². The number of carbonyl (C=O) groups is 1. The van der Waals surface area contributed by atoms with E-state index in [1.165, 1.54) is 12.1 Å². The van der Waals surface area contributed by atoms with Crippen LogP contribution in [0.2, 0.25) is 0 Å². The van der Waals surface area contributed by atoms with Gasteiger partial charge in [0.15, 0.2) is 6.61 Å². The number of benzene rings is 2. The number of hydrogen-bond donors (Lipinski definition) is 2. The molecule has 2 aromatic carbocycles. The monoisotopic (exact) mass is 462 g/mol. The number of nitrogens with one attached hydrogen (secondary N) is 2. The van der Waals surface area contributed by atoms with Crippen molar-refractivity contribution in [1.29, 1.82) is 0 Å². The van der Waals surface area contributed by atoms with Crippen LogP contribution in [0.25, 0.3) is 0 Å². The van der Waals surface area contributed by atoms with Crippen LogP contribution < -0.4 is 19.7 Å². The predicted octanol–water partition coefficient (Wildman–Crippen LogP) is 1.96. The maximum Gasteiger partial charge on any atom is 0.262 e. The van der Waals surface area contributed by atoms with Crippen LogP contribution in [0, 0.1) is 12.7 Å². The molecule has 2 N–H and O–H groups in total. The molecule has 1 fully saturated rings. The molecule has 2 aliphatic rings. The number of nitrogens with zero attached hydrogens (tertiary/aromatic N) is 2. The SMILES string of the molecule is Cc1cc2c(cc1S(=O)(=O)NCCCN1CCN(c3ccccc3F)CC1)OCC(=O)N2. The zero-order chi connectivity index (χ0) is 22.7. The van der Waals surface area contributed by atoms with E-state index in [9.17, 15) is 17.6 Å². The van der Waals surface area contributed by atoms with Crippen molar-refractivity contribution in [2.24, 2.45) is 0 Å². The molecule has 0 saturated carbocycles. The molecule has 0 aromatic heterocycles. The molecule has 2 aliphatic heterocycles. The van der Waals surface area contributed by atoms with E-state index >= 15 is 0 Å². The smallest absolute Gasteiger partial charge is 0.262 e. The van der Waals surface area contributed by atoms with E-state index in [0.717, 1.165) is 32.7 Å². The topological polar surface area (TPSA) is 91.0 Å². The summed E-state index contributed by atoms with van der Waals surface area (Å²) in [7, 11) is -3.70. The van der Waals surface area contributed by atoms with Crippen molar-refractivity contribution in [2.75, 3.05) is 56.1 Å². The summed E-state index contributed by atoms with van der Waals surface area (Å²) in [6.07, 6.45) is 0.662. The van der Waals surface area contributed by atoms with Crippen molar-refractivity contribution in [1.82, 2.24) is 9.62 Å². The summed E-state index contributed by atoms with van der Waals surface area (Å²) < 4.78 is 47.5. The second kappa shape index (κ2) is 9.43. The number of para-hydroxylation sites is 1. The summed E-state index contributed by atoms with van der Waals surface area (Å²) in [6.45, 7) is 5.69. The van der Waals surface area contributed by atoms with Gasteiger partial charge in [0.1, 0.15) is 11.6 Å². The van der Waals surface area contributed by atoms with Crippen LogP contribution in [-0.4, -0.2) is 65.1 Å². The van der Waals surface area contributed by atoms with Crippen molar-refractivity contribution >= 4 is 27.3 Å². The number of ether oxygens (including phenoxy) is 1. The standard InChI is InChI=1S/C22H27FN4O4S/c1-16-13-18-20(31-15-22(28)25-18)14-21(16)32(29,30)24-7-4-8-26-9-11-27(12-10-26)19-6-3-2-5-17(19)23/h2-3,5-6,13-14,24H,4,7-12,15H2,1H3,(H,25,28). The largest absolute Gasteiger partial charge is 0.482 e. The van der Waals surface area contributed by atoms with E-state index in [4.69, 9.17) is 4.74 Å². The van der Waals surface area contributed by atoms with Crippen LogP contribution in [0.15, 0.2) is 41.3 Å². The van der Waals surface area contributed by atoms with Crippen LogP contribution in [0.5, 0.6) is 5.75 Å². The third-order valence-electron chi connectivity index (χ3n) is 5.71. The molecular formula is C22H27FN4O4S. The predicted molar refractivity (Wildman–Crippen MR) is 120 cm³/mol. The lowest BCUT2D eigenvalue weighted by Crippen LogP contribution is -2.47. The molecule has 4 rings (SSSR count). The Morgan fingerprint density at radius 1 is 1.16 bits per heavy atom.